The van der Waals surface area contributed by atoms with Gasteiger partial charge in [-0.25, -0.2) is 0 Å². The minimum atomic E-state index is 0.136. The number of allylic oxidation sites excluding steroid dienone is 6. The first-order valence-corrected chi connectivity index (χ1v) is 16.1. The van der Waals surface area contributed by atoms with Gasteiger partial charge in [0.25, 0.3) is 0 Å². The number of rotatable bonds is 11. The lowest BCUT2D eigenvalue weighted by Gasteiger charge is -2.28. The summed E-state index contributed by atoms with van der Waals surface area (Å²) in [4.78, 5) is 0. The van der Waals surface area contributed by atoms with E-state index in [1.54, 1.807) is 0 Å². The highest BCUT2D eigenvalue weighted by atomic mass is 14.3. The summed E-state index contributed by atoms with van der Waals surface area (Å²) in [6, 6.07) is 42.1. The molecule has 0 heteroatoms. The first kappa shape index (κ1) is 31.5. The molecule has 0 bridgehead atoms. The van der Waals surface area contributed by atoms with E-state index in [-0.39, 0.29) is 11.8 Å². The van der Waals surface area contributed by atoms with Gasteiger partial charge < -0.3 is 0 Å². The Morgan fingerprint density at radius 2 is 1.38 bits per heavy atom. The number of hydrogen-bond donors (Lipinski definition) is 0. The maximum Gasteiger partial charge on any atom is 0.0158 e. The van der Waals surface area contributed by atoms with E-state index in [0.717, 1.165) is 12.8 Å². The summed E-state index contributed by atoms with van der Waals surface area (Å²) in [6.45, 7) is 14.8. The summed E-state index contributed by atoms with van der Waals surface area (Å²) >= 11 is 0. The smallest absolute Gasteiger partial charge is 0.0158 e. The summed E-state index contributed by atoms with van der Waals surface area (Å²) in [5.74, 6) is 0.366. The fourth-order valence-corrected chi connectivity index (χ4v) is 6.54. The largest absolute Gasteiger partial charge is 0.0991 e. The summed E-state index contributed by atoms with van der Waals surface area (Å²) in [5.41, 5.74) is 9.05. The summed E-state index contributed by atoms with van der Waals surface area (Å²) in [6.07, 6.45) is 14.6. The lowest BCUT2D eigenvalue weighted by Crippen LogP contribution is -2.30. The molecule has 5 rings (SSSR count). The van der Waals surface area contributed by atoms with Gasteiger partial charge >= 0.3 is 0 Å². The average molecular weight is 585 g/mol. The fraction of sp³-hybridized carbons (Fsp3) is 0.156. The van der Waals surface area contributed by atoms with Gasteiger partial charge in [-0.15, -0.1) is 0 Å². The SMILES string of the molecule is C=C/C=C\C(=C/C)C(/C(C=C)=c1\cccc\c1=C\C)C(C)c1ccc(-c2ccc(CCc3cccc4ccccc34)cc2)cc1. The Morgan fingerprint density at radius 3 is 2.07 bits per heavy atom. The van der Waals surface area contributed by atoms with Crippen LogP contribution in [0.2, 0.25) is 0 Å². The summed E-state index contributed by atoms with van der Waals surface area (Å²) in [5, 5.41) is 5.13. The molecule has 0 aromatic heterocycles. The van der Waals surface area contributed by atoms with Gasteiger partial charge in [-0.05, 0) is 92.8 Å². The van der Waals surface area contributed by atoms with Crippen molar-refractivity contribution in [2.45, 2.75) is 39.5 Å². The van der Waals surface area contributed by atoms with Crippen molar-refractivity contribution in [2.75, 3.05) is 0 Å². The van der Waals surface area contributed by atoms with E-state index in [9.17, 15) is 0 Å². The Labute approximate surface area is 269 Å². The van der Waals surface area contributed by atoms with Crippen LogP contribution in [0.4, 0.5) is 0 Å². The quantitative estimate of drug-likeness (QED) is 0.136. The van der Waals surface area contributed by atoms with E-state index in [2.05, 4.69) is 167 Å². The molecule has 0 heterocycles. The Hall–Kier alpha value is -4.94. The molecule has 0 radical (unpaired) electrons. The lowest BCUT2D eigenvalue weighted by molar-refractivity contribution is 0.641. The molecule has 0 saturated carbocycles. The Balaban J connectivity index is 1.40. The van der Waals surface area contributed by atoms with Crippen LogP contribution in [0.15, 0.2) is 164 Å². The van der Waals surface area contributed by atoms with E-state index >= 15 is 0 Å². The third-order valence-corrected chi connectivity index (χ3v) is 9.04. The molecule has 0 aliphatic heterocycles. The molecule has 224 valence electrons. The highest BCUT2D eigenvalue weighted by Crippen LogP contribution is 2.37. The van der Waals surface area contributed by atoms with E-state index in [0.29, 0.717) is 0 Å². The minimum absolute atomic E-state index is 0.136. The van der Waals surface area contributed by atoms with Crippen molar-refractivity contribution in [3.63, 3.8) is 0 Å². The maximum atomic E-state index is 4.29. The topological polar surface area (TPSA) is 0 Å². The third kappa shape index (κ3) is 7.24. The normalized spacial score (nSPS) is 14.4. The monoisotopic (exact) mass is 584 g/mol. The van der Waals surface area contributed by atoms with Gasteiger partial charge in [0.1, 0.15) is 0 Å². The number of hydrogen-bond acceptors (Lipinski definition) is 0. The fourth-order valence-electron chi connectivity index (χ4n) is 6.54. The molecule has 0 spiro atoms. The van der Waals surface area contributed by atoms with E-state index in [4.69, 9.17) is 0 Å². The van der Waals surface area contributed by atoms with Gasteiger partial charge in [-0.3, -0.25) is 0 Å². The highest BCUT2D eigenvalue weighted by Gasteiger charge is 2.25. The maximum absolute atomic E-state index is 4.29. The van der Waals surface area contributed by atoms with Crippen LogP contribution in [0.3, 0.4) is 0 Å². The second kappa shape index (κ2) is 15.2. The molecular weight excluding hydrogens is 540 g/mol. The molecule has 0 N–H and O–H groups in total. The first-order valence-electron chi connectivity index (χ1n) is 16.1. The number of fused-ring (bicyclic) bond motifs is 1. The first-order chi connectivity index (χ1) is 22.1. The summed E-state index contributed by atoms with van der Waals surface area (Å²) in [7, 11) is 0. The molecule has 0 nitrogen and oxygen atoms in total. The Morgan fingerprint density at radius 1 is 0.711 bits per heavy atom. The molecule has 0 fully saturated rings. The van der Waals surface area contributed by atoms with E-state index in [1.165, 1.54) is 60.2 Å². The second-order valence-electron chi connectivity index (χ2n) is 11.6. The van der Waals surface area contributed by atoms with Crippen LogP contribution in [0.1, 0.15) is 43.4 Å². The molecule has 2 unspecified atom stereocenters. The number of benzene rings is 5. The lowest BCUT2D eigenvalue weighted by atomic mass is 9.76. The standard InChI is InChI=1S/C45H44/c1-6-10-16-36(8-3)45(42(9-4)44-22-14-11-17-35(44)7-2)33(5)37-29-31-39(32-30-37)38-26-23-34(24-27-38)25-28-41-20-15-19-40-18-12-13-21-43(40)41/h6-24,26-27,29-33,45H,1,4,25,28H2,2-3,5H3/b16-10-,35-7-,36-8+,44-42+. The zero-order chi connectivity index (χ0) is 31.6. The molecule has 0 aliphatic rings. The van der Waals surface area contributed by atoms with Crippen molar-refractivity contribution in [2.24, 2.45) is 5.92 Å². The third-order valence-electron chi connectivity index (χ3n) is 9.04. The number of aryl methyl sites for hydroxylation is 2. The van der Waals surface area contributed by atoms with Crippen molar-refractivity contribution < 1.29 is 0 Å². The Kier molecular flexibility index (Phi) is 10.6. The van der Waals surface area contributed by atoms with Gasteiger partial charge in [-0.2, -0.15) is 0 Å². The van der Waals surface area contributed by atoms with Crippen LogP contribution >= 0.6 is 0 Å². The summed E-state index contributed by atoms with van der Waals surface area (Å²) < 4.78 is 0. The van der Waals surface area contributed by atoms with Gasteiger partial charge in [0.2, 0.25) is 0 Å². The molecule has 0 aliphatic carbocycles. The Bertz CT molecular complexity index is 1940. The van der Waals surface area contributed by atoms with Crippen molar-refractivity contribution >= 4 is 22.4 Å². The van der Waals surface area contributed by atoms with Crippen LogP contribution in [-0.4, -0.2) is 0 Å². The van der Waals surface area contributed by atoms with Gasteiger partial charge in [0.05, 0.1) is 0 Å². The van der Waals surface area contributed by atoms with Crippen molar-refractivity contribution in [1.29, 1.82) is 0 Å². The molecule has 5 aromatic rings. The molecule has 0 amide bonds. The van der Waals surface area contributed by atoms with Gasteiger partial charge in [-0.1, -0.05) is 172 Å². The zero-order valence-electron chi connectivity index (χ0n) is 26.9. The molecule has 0 saturated heterocycles. The van der Waals surface area contributed by atoms with Crippen molar-refractivity contribution in [3.05, 3.63) is 191 Å². The highest BCUT2D eigenvalue weighted by molar-refractivity contribution is 5.85. The van der Waals surface area contributed by atoms with Crippen LogP contribution in [0, 0.1) is 5.92 Å². The van der Waals surface area contributed by atoms with E-state index in [1.807, 2.05) is 18.2 Å². The average Bonchev–Trinajstić information content (AvgIpc) is 3.10. The second-order valence-corrected chi connectivity index (χ2v) is 11.6. The zero-order valence-corrected chi connectivity index (χ0v) is 26.9. The molecule has 45 heavy (non-hydrogen) atoms. The molecule has 5 aromatic carbocycles. The predicted octanol–water partition coefficient (Wildman–Crippen LogP) is 10.5. The van der Waals surface area contributed by atoms with Crippen LogP contribution < -0.4 is 10.4 Å². The minimum Gasteiger partial charge on any atom is -0.0991 e. The van der Waals surface area contributed by atoms with Crippen LogP contribution in [0.5, 0.6) is 0 Å². The van der Waals surface area contributed by atoms with E-state index < -0.39 is 0 Å². The van der Waals surface area contributed by atoms with Gasteiger partial charge in [0, 0.05) is 5.92 Å². The predicted molar refractivity (Wildman–Crippen MR) is 198 cm³/mol. The van der Waals surface area contributed by atoms with Crippen molar-refractivity contribution in [1.82, 2.24) is 0 Å². The molecular formula is C45H44. The van der Waals surface area contributed by atoms with Crippen LogP contribution in [-0.2, 0) is 12.8 Å². The van der Waals surface area contributed by atoms with Crippen molar-refractivity contribution in [3.8, 4) is 11.1 Å². The molecule has 2 atom stereocenters. The van der Waals surface area contributed by atoms with Crippen LogP contribution in [0.25, 0.3) is 33.5 Å². The van der Waals surface area contributed by atoms with Gasteiger partial charge in [0.15, 0.2) is 0 Å².